The van der Waals surface area contributed by atoms with Crippen LogP contribution in [0, 0.1) is 0 Å². The van der Waals surface area contributed by atoms with Crippen molar-refractivity contribution in [1.82, 2.24) is 0 Å². The van der Waals surface area contributed by atoms with Crippen LogP contribution < -0.4 is 11.0 Å². The van der Waals surface area contributed by atoms with Gasteiger partial charge < -0.3 is 0 Å². The molecule has 1 rings (SSSR count). The Bertz CT molecular complexity index is 164. The average Bonchev–Trinajstić information content (AvgIpc) is 1.85. The zero-order valence-electron chi connectivity index (χ0n) is 6.53. The van der Waals surface area contributed by atoms with Gasteiger partial charge >= 0.3 is 0 Å². The Morgan fingerprint density at radius 3 is 2.18 bits per heavy atom. The normalized spacial score (nSPS) is 22.0. The minimum atomic E-state index is -2.82. The number of hydrogen-bond donors (Lipinski definition) is 2. The van der Waals surface area contributed by atoms with Gasteiger partial charge in [-0.05, 0) is 12.8 Å². The van der Waals surface area contributed by atoms with Crippen LogP contribution in [0.2, 0.25) is 0 Å². The maximum Gasteiger partial charge on any atom is 0.261 e. The van der Waals surface area contributed by atoms with Crippen LogP contribution >= 0.6 is 18.0 Å². The van der Waals surface area contributed by atoms with Crippen LogP contribution in [0.5, 0.6) is 0 Å². The number of hydrogen-bond acceptors (Lipinski definition) is 2. The SMILES string of the molecule is NP(N)(=O)SC1CCCCC1. The fourth-order valence-corrected chi connectivity index (χ4v) is 4.44. The summed E-state index contributed by atoms with van der Waals surface area (Å²) in [4.78, 5) is 0. The van der Waals surface area contributed by atoms with E-state index in [1.807, 2.05) is 0 Å². The van der Waals surface area contributed by atoms with Gasteiger partial charge in [0.05, 0.1) is 0 Å². The molecule has 0 bridgehead atoms. The van der Waals surface area contributed by atoms with Gasteiger partial charge in [0.1, 0.15) is 0 Å². The summed E-state index contributed by atoms with van der Waals surface area (Å²) in [7, 11) is 0. The van der Waals surface area contributed by atoms with E-state index in [0.717, 1.165) is 12.8 Å². The lowest BCUT2D eigenvalue weighted by molar-refractivity contribution is 0.517. The molecule has 1 saturated carbocycles. The molecular weight excluding hydrogens is 179 g/mol. The summed E-state index contributed by atoms with van der Waals surface area (Å²) >= 11 is 1.29. The van der Waals surface area contributed by atoms with E-state index < -0.39 is 6.65 Å². The van der Waals surface area contributed by atoms with Crippen LogP contribution in [0.4, 0.5) is 0 Å². The molecule has 66 valence electrons. The smallest absolute Gasteiger partial charge is 0.261 e. The largest absolute Gasteiger partial charge is 0.277 e. The first-order valence-corrected chi connectivity index (χ1v) is 7.26. The minimum Gasteiger partial charge on any atom is -0.277 e. The Morgan fingerprint density at radius 2 is 1.73 bits per heavy atom. The number of rotatable bonds is 2. The molecule has 0 radical (unpaired) electrons. The first-order valence-electron chi connectivity index (χ1n) is 3.93. The third kappa shape index (κ3) is 4.16. The van der Waals surface area contributed by atoms with Crippen LogP contribution in [0.25, 0.3) is 0 Å². The van der Waals surface area contributed by atoms with Crippen molar-refractivity contribution in [3.05, 3.63) is 0 Å². The molecule has 0 unspecified atom stereocenters. The Labute approximate surface area is 71.5 Å². The molecule has 0 heterocycles. The molecule has 0 saturated heterocycles. The summed E-state index contributed by atoms with van der Waals surface area (Å²) in [5.74, 6) is 0. The van der Waals surface area contributed by atoms with E-state index in [9.17, 15) is 4.57 Å². The molecule has 4 N–H and O–H groups in total. The van der Waals surface area contributed by atoms with Crippen LogP contribution in [0.15, 0.2) is 0 Å². The Kier molecular flexibility index (Phi) is 3.44. The van der Waals surface area contributed by atoms with Gasteiger partial charge in [-0.3, -0.25) is 15.6 Å². The van der Waals surface area contributed by atoms with E-state index in [1.54, 1.807) is 0 Å². The molecule has 0 aliphatic heterocycles. The Morgan fingerprint density at radius 1 is 1.18 bits per heavy atom. The topological polar surface area (TPSA) is 69.1 Å². The lowest BCUT2D eigenvalue weighted by Gasteiger charge is -2.21. The average molecular weight is 194 g/mol. The molecule has 3 nitrogen and oxygen atoms in total. The molecule has 0 amide bonds. The first-order chi connectivity index (χ1) is 5.08. The van der Waals surface area contributed by atoms with Crippen molar-refractivity contribution in [2.45, 2.75) is 37.4 Å². The highest BCUT2D eigenvalue weighted by Gasteiger charge is 2.20. The van der Waals surface area contributed by atoms with Crippen molar-refractivity contribution < 1.29 is 4.57 Å². The highest BCUT2D eigenvalue weighted by atomic mass is 32.7. The number of nitrogens with two attached hydrogens (primary N) is 2. The maximum atomic E-state index is 11.0. The van der Waals surface area contributed by atoms with Crippen molar-refractivity contribution in [3.63, 3.8) is 0 Å². The minimum absolute atomic E-state index is 0.449. The van der Waals surface area contributed by atoms with Crippen molar-refractivity contribution in [3.8, 4) is 0 Å². The van der Waals surface area contributed by atoms with Gasteiger partial charge in [-0.1, -0.05) is 30.6 Å². The zero-order chi connectivity index (χ0) is 8.32. The Hall–Kier alpha value is 0.500. The first kappa shape index (κ1) is 9.59. The summed E-state index contributed by atoms with van der Waals surface area (Å²) in [6.45, 7) is -2.82. The molecule has 11 heavy (non-hydrogen) atoms. The van der Waals surface area contributed by atoms with Crippen molar-refractivity contribution in [2.75, 3.05) is 0 Å². The van der Waals surface area contributed by atoms with E-state index in [2.05, 4.69) is 0 Å². The second-order valence-corrected chi connectivity index (χ2v) is 7.52. The van der Waals surface area contributed by atoms with Crippen molar-refractivity contribution in [2.24, 2.45) is 11.0 Å². The summed E-state index contributed by atoms with van der Waals surface area (Å²) < 4.78 is 11.0. The van der Waals surface area contributed by atoms with E-state index in [4.69, 9.17) is 11.0 Å². The second-order valence-electron chi connectivity index (χ2n) is 3.01. The predicted molar refractivity (Wildman–Crippen MR) is 50.4 cm³/mol. The lowest BCUT2D eigenvalue weighted by atomic mass is 10.0. The summed E-state index contributed by atoms with van der Waals surface area (Å²) in [5, 5.41) is 0.449. The quantitative estimate of drug-likeness (QED) is 0.660. The van der Waals surface area contributed by atoms with E-state index in [1.165, 1.54) is 30.6 Å². The van der Waals surface area contributed by atoms with Crippen LogP contribution in [-0.4, -0.2) is 5.25 Å². The molecule has 0 aromatic rings. The van der Waals surface area contributed by atoms with Gasteiger partial charge in [-0.25, -0.2) is 0 Å². The summed E-state index contributed by atoms with van der Waals surface area (Å²) in [5.41, 5.74) is 10.5. The highest BCUT2D eigenvalue weighted by molar-refractivity contribution is 8.57. The molecule has 0 aromatic heterocycles. The van der Waals surface area contributed by atoms with Gasteiger partial charge in [-0.2, -0.15) is 0 Å². The molecule has 1 fully saturated rings. The molecule has 0 atom stereocenters. The van der Waals surface area contributed by atoms with Gasteiger partial charge in [-0.15, -0.1) is 0 Å². The fourth-order valence-electron chi connectivity index (χ4n) is 1.40. The Balaban J connectivity index is 2.30. The molecule has 1 aliphatic rings. The predicted octanol–water partition coefficient (Wildman–Crippen LogP) is 2.08. The van der Waals surface area contributed by atoms with Gasteiger partial charge in [0.25, 0.3) is 6.65 Å². The monoisotopic (exact) mass is 194 g/mol. The maximum absolute atomic E-state index is 11.0. The van der Waals surface area contributed by atoms with E-state index in [-0.39, 0.29) is 0 Å². The van der Waals surface area contributed by atoms with Gasteiger partial charge in [0.2, 0.25) is 0 Å². The van der Waals surface area contributed by atoms with Gasteiger partial charge in [0, 0.05) is 5.25 Å². The van der Waals surface area contributed by atoms with Crippen molar-refractivity contribution >= 4 is 18.0 Å². The molecular formula is C6H15N2OPS. The fraction of sp³-hybridized carbons (Fsp3) is 1.00. The summed E-state index contributed by atoms with van der Waals surface area (Å²) in [6.07, 6.45) is 6.03. The third-order valence-electron chi connectivity index (χ3n) is 1.87. The van der Waals surface area contributed by atoms with E-state index in [0.29, 0.717) is 5.25 Å². The van der Waals surface area contributed by atoms with Crippen LogP contribution in [0.1, 0.15) is 32.1 Å². The standard InChI is InChI=1S/C6H15N2OPS/c7-10(8,9)11-6-4-2-1-3-5-6/h6H,1-5H2,(H4,7,8,9). The summed E-state index contributed by atoms with van der Waals surface area (Å²) in [6, 6.07) is 0. The second kappa shape index (κ2) is 3.94. The van der Waals surface area contributed by atoms with Crippen LogP contribution in [-0.2, 0) is 4.57 Å². The molecule has 0 spiro atoms. The van der Waals surface area contributed by atoms with E-state index >= 15 is 0 Å². The van der Waals surface area contributed by atoms with Crippen LogP contribution in [0.3, 0.4) is 0 Å². The van der Waals surface area contributed by atoms with Crippen molar-refractivity contribution in [1.29, 1.82) is 0 Å². The lowest BCUT2D eigenvalue weighted by Crippen LogP contribution is -2.11. The third-order valence-corrected chi connectivity index (χ3v) is 4.85. The highest BCUT2D eigenvalue weighted by Crippen LogP contribution is 2.49. The zero-order valence-corrected chi connectivity index (χ0v) is 8.24. The molecule has 0 aromatic carbocycles. The molecule has 1 aliphatic carbocycles. The van der Waals surface area contributed by atoms with Gasteiger partial charge in [0.15, 0.2) is 0 Å². The molecule has 5 heteroatoms.